The van der Waals surface area contributed by atoms with E-state index in [9.17, 15) is 4.79 Å². The van der Waals surface area contributed by atoms with Crippen LogP contribution in [-0.2, 0) is 9.53 Å². The van der Waals surface area contributed by atoms with E-state index in [4.69, 9.17) is 4.74 Å². The van der Waals surface area contributed by atoms with Gasteiger partial charge in [0.15, 0.2) is 0 Å². The van der Waals surface area contributed by atoms with Gasteiger partial charge in [0.25, 0.3) is 0 Å². The summed E-state index contributed by atoms with van der Waals surface area (Å²) in [5, 5.41) is 3.29. The maximum Gasteiger partial charge on any atom is 0.310 e. The van der Waals surface area contributed by atoms with Crippen LogP contribution < -0.4 is 5.32 Å². The average Bonchev–Trinajstić information content (AvgIpc) is 2.51. The van der Waals surface area contributed by atoms with E-state index in [1.54, 1.807) is 0 Å². The molecule has 1 heterocycles. The Balaban J connectivity index is 2.43. The lowest BCUT2D eigenvalue weighted by Crippen LogP contribution is -2.31. The maximum absolute atomic E-state index is 11.4. The SMILES string of the molecule is CCOC(=O)C1CCNC1CC. The summed E-state index contributed by atoms with van der Waals surface area (Å²) in [5.41, 5.74) is 0. The predicted octanol–water partition coefficient (Wildman–Crippen LogP) is 0.938. The summed E-state index contributed by atoms with van der Waals surface area (Å²) >= 11 is 0. The van der Waals surface area contributed by atoms with E-state index in [2.05, 4.69) is 12.2 Å². The fourth-order valence-corrected chi connectivity index (χ4v) is 1.73. The quantitative estimate of drug-likeness (QED) is 0.642. The number of esters is 1. The van der Waals surface area contributed by atoms with Crippen molar-refractivity contribution in [1.29, 1.82) is 0 Å². The molecule has 0 spiro atoms. The molecule has 0 aromatic heterocycles. The second-order valence-electron chi connectivity index (χ2n) is 3.12. The zero-order valence-corrected chi connectivity index (χ0v) is 7.80. The molecule has 0 aromatic carbocycles. The Kier molecular flexibility index (Phi) is 3.53. The van der Waals surface area contributed by atoms with Gasteiger partial charge in [-0.3, -0.25) is 4.79 Å². The summed E-state index contributed by atoms with van der Waals surface area (Å²) < 4.78 is 4.98. The van der Waals surface area contributed by atoms with E-state index in [1.165, 1.54) is 0 Å². The Morgan fingerprint density at radius 3 is 2.92 bits per heavy atom. The van der Waals surface area contributed by atoms with E-state index in [1.807, 2.05) is 6.92 Å². The molecule has 2 unspecified atom stereocenters. The van der Waals surface area contributed by atoms with Crippen molar-refractivity contribution in [2.75, 3.05) is 13.2 Å². The fraction of sp³-hybridized carbons (Fsp3) is 0.889. The number of carbonyl (C=O) groups excluding carboxylic acids is 1. The molecule has 0 aliphatic carbocycles. The summed E-state index contributed by atoms with van der Waals surface area (Å²) in [4.78, 5) is 11.4. The minimum atomic E-state index is -0.0330. The molecule has 1 aliphatic rings. The molecule has 1 fully saturated rings. The topological polar surface area (TPSA) is 38.3 Å². The maximum atomic E-state index is 11.4. The van der Waals surface area contributed by atoms with Gasteiger partial charge in [0.2, 0.25) is 0 Å². The number of rotatable bonds is 3. The van der Waals surface area contributed by atoms with Crippen LogP contribution in [0.2, 0.25) is 0 Å². The number of hydrogen-bond donors (Lipinski definition) is 1. The molecule has 2 atom stereocenters. The standard InChI is InChI=1S/C9H17NO2/c1-3-8-7(5-6-10-8)9(11)12-4-2/h7-8,10H,3-6H2,1-2H3. The van der Waals surface area contributed by atoms with Gasteiger partial charge in [-0.1, -0.05) is 6.92 Å². The van der Waals surface area contributed by atoms with Crippen molar-refractivity contribution in [3.8, 4) is 0 Å². The molecule has 0 radical (unpaired) electrons. The second kappa shape index (κ2) is 4.45. The summed E-state index contributed by atoms with van der Waals surface area (Å²) in [6.07, 6.45) is 1.93. The van der Waals surface area contributed by atoms with Crippen LogP contribution in [0.3, 0.4) is 0 Å². The molecule has 1 aliphatic heterocycles. The van der Waals surface area contributed by atoms with Crippen LogP contribution in [0, 0.1) is 5.92 Å². The molecule has 0 aromatic rings. The third-order valence-electron chi connectivity index (χ3n) is 2.38. The third kappa shape index (κ3) is 1.97. The molecule has 12 heavy (non-hydrogen) atoms. The Labute approximate surface area is 73.5 Å². The first-order chi connectivity index (χ1) is 5.79. The minimum absolute atomic E-state index is 0.0330. The lowest BCUT2D eigenvalue weighted by molar-refractivity contribution is -0.148. The average molecular weight is 171 g/mol. The number of ether oxygens (including phenoxy) is 1. The minimum Gasteiger partial charge on any atom is -0.466 e. The second-order valence-corrected chi connectivity index (χ2v) is 3.12. The van der Waals surface area contributed by atoms with Crippen molar-refractivity contribution in [3.05, 3.63) is 0 Å². The van der Waals surface area contributed by atoms with Gasteiger partial charge in [0, 0.05) is 6.04 Å². The summed E-state index contributed by atoms with van der Waals surface area (Å²) in [5.74, 6) is 0.0595. The van der Waals surface area contributed by atoms with Crippen molar-refractivity contribution < 1.29 is 9.53 Å². The first-order valence-electron chi connectivity index (χ1n) is 4.69. The molecule has 1 rings (SSSR count). The summed E-state index contributed by atoms with van der Waals surface area (Å²) in [6, 6.07) is 0.337. The lowest BCUT2D eigenvalue weighted by atomic mass is 9.99. The van der Waals surface area contributed by atoms with Crippen molar-refractivity contribution in [1.82, 2.24) is 5.32 Å². The fourth-order valence-electron chi connectivity index (χ4n) is 1.73. The van der Waals surface area contributed by atoms with E-state index < -0.39 is 0 Å². The Morgan fingerprint density at radius 1 is 1.58 bits per heavy atom. The van der Waals surface area contributed by atoms with E-state index >= 15 is 0 Å². The Bertz CT molecular complexity index is 159. The highest BCUT2D eigenvalue weighted by Gasteiger charge is 2.32. The molecule has 0 bridgehead atoms. The van der Waals surface area contributed by atoms with Crippen molar-refractivity contribution >= 4 is 5.97 Å². The summed E-state index contributed by atoms with van der Waals surface area (Å²) in [6.45, 7) is 5.38. The predicted molar refractivity (Wildman–Crippen MR) is 46.8 cm³/mol. The first kappa shape index (κ1) is 9.52. The largest absolute Gasteiger partial charge is 0.466 e. The van der Waals surface area contributed by atoms with E-state index in [0.29, 0.717) is 12.6 Å². The van der Waals surface area contributed by atoms with Crippen LogP contribution in [0.5, 0.6) is 0 Å². The Morgan fingerprint density at radius 2 is 2.33 bits per heavy atom. The monoisotopic (exact) mass is 171 g/mol. The highest BCUT2D eigenvalue weighted by atomic mass is 16.5. The first-order valence-corrected chi connectivity index (χ1v) is 4.69. The smallest absolute Gasteiger partial charge is 0.310 e. The van der Waals surface area contributed by atoms with Gasteiger partial charge in [0.1, 0.15) is 0 Å². The van der Waals surface area contributed by atoms with E-state index in [0.717, 1.165) is 19.4 Å². The highest BCUT2D eigenvalue weighted by molar-refractivity contribution is 5.73. The van der Waals surface area contributed by atoms with Crippen LogP contribution in [0.4, 0.5) is 0 Å². The van der Waals surface area contributed by atoms with Crippen LogP contribution in [0.1, 0.15) is 26.7 Å². The number of carbonyl (C=O) groups is 1. The molecule has 1 N–H and O–H groups in total. The van der Waals surface area contributed by atoms with Crippen molar-refractivity contribution in [2.24, 2.45) is 5.92 Å². The number of hydrogen-bond acceptors (Lipinski definition) is 3. The molecule has 3 nitrogen and oxygen atoms in total. The van der Waals surface area contributed by atoms with Crippen molar-refractivity contribution in [2.45, 2.75) is 32.7 Å². The third-order valence-corrected chi connectivity index (χ3v) is 2.38. The number of nitrogens with one attached hydrogen (secondary N) is 1. The molecule has 70 valence electrons. The van der Waals surface area contributed by atoms with Gasteiger partial charge in [-0.15, -0.1) is 0 Å². The molecule has 0 amide bonds. The zero-order valence-electron chi connectivity index (χ0n) is 7.80. The zero-order chi connectivity index (χ0) is 8.97. The molecule has 0 saturated carbocycles. The highest BCUT2D eigenvalue weighted by Crippen LogP contribution is 2.19. The van der Waals surface area contributed by atoms with Gasteiger partial charge in [0.05, 0.1) is 12.5 Å². The summed E-state index contributed by atoms with van der Waals surface area (Å²) in [7, 11) is 0. The van der Waals surface area contributed by atoms with Crippen molar-refractivity contribution in [3.63, 3.8) is 0 Å². The normalized spacial score (nSPS) is 28.8. The van der Waals surface area contributed by atoms with Gasteiger partial charge in [-0.25, -0.2) is 0 Å². The molecular formula is C9H17NO2. The molecule has 1 saturated heterocycles. The molecular weight excluding hydrogens is 154 g/mol. The Hall–Kier alpha value is -0.570. The van der Waals surface area contributed by atoms with Gasteiger partial charge >= 0.3 is 5.97 Å². The van der Waals surface area contributed by atoms with E-state index in [-0.39, 0.29) is 11.9 Å². The van der Waals surface area contributed by atoms with Gasteiger partial charge in [-0.2, -0.15) is 0 Å². The molecule has 3 heteroatoms. The van der Waals surface area contributed by atoms with Gasteiger partial charge in [-0.05, 0) is 26.3 Å². The van der Waals surface area contributed by atoms with Crippen LogP contribution in [0.15, 0.2) is 0 Å². The van der Waals surface area contributed by atoms with Crippen LogP contribution >= 0.6 is 0 Å². The van der Waals surface area contributed by atoms with Crippen LogP contribution in [0.25, 0.3) is 0 Å². The lowest BCUT2D eigenvalue weighted by Gasteiger charge is -2.15. The van der Waals surface area contributed by atoms with Gasteiger partial charge < -0.3 is 10.1 Å². The van der Waals surface area contributed by atoms with Crippen LogP contribution in [-0.4, -0.2) is 25.2 Å².